The zero-order valence-electron chi connectivity index (χ0n) is 10.7. The summed E-state index contributed by atoms with van der Waals surface area (Å²) in [5, 5.41) is 6.48. The molecule has 6 nitrogen and oxygen atoms in total. The molecule has 6 heteroatoms. The minimum atomic E-state index is -0.264. The van der Waals surface area contributed by atoms with E-state index in [1.165, 1.54) is 0 Å². The third-order valence-corrected chi connectivity index (χ3v) is 2.57. The monoisotopic (exact) mass is 260 g/mol. The van der Waals surface area contributed by atoms with E-state index in [-0.39, 0.29) is 17.6 Å². The number of rotatable bonds is 5. The van der Waals surface area contributed by atoms with E-state index in [9.17, 15) is 4.79 Å². The SMILES string of the molecule is CC(N)CCNC(=O)c1cc(-c2cccnc2)on1. The van der Waals surface area contributed by atoms with E-state index >= 15 is 0 Å². The summed E-state index contributed by atoms with van der Waals surface area (Å²) in [6.45, 7) is 2.41. The van der Waals surface area contributed by atoms with Gasteiger partial charge in [0.05, 0.1) is 0 Å². The Labute approximate surface area is 111 Å². The Hall–Kier alpha value is -2.21. The summed E-state index contributed by atoms with van der Waals surface area (Å²) < 4.78 is 5.12. The van der Waals surface area contributed by atoms with Gasteiger partial charge in [-0.2, -0.15) is 0 Å². The third kappa shape index (κ3) is 3.62. The smallest absolute Gasteiger partial charge is 0.273 e. The molecule has 19 heavy (non-hydrogen) atoms. The van der Waals surface area contributed by atoms with Crippen LogP contribution in [0.25, 0.3) is 11.3 Å². The van der Waals surface area contributed by atoms with Crippen LogP contribution in [0.2, 0.25) is 0 Å². The second-order valence-corrected chi connectivity index (χ2v) is 4.34. The van der Waals surface area contributed by atoms with Crippen molar-refractivity contribution in [2.45, 2.75) is 19.4 Å². The van der Waals surface area contributed by atoms with E-state index < -0.39 is 0 Å². The second kappa shape index (κ2) is 6.10. The van der Waals surface area contributed by atoms with Gasteiger partial charge in [-0.1, -0.05) is 5.16 Å². The van der Waals surface area contributed by atoms with Crippen LogP contribution in [0.15, 0.2) is 35.1 Å². The van der Waals surface area contributed by atoms with E-state index in [0.29, 0.717) is 12.3 Å². The zero-order valence-corrected chi connectivity index (χ0v) is 10.7. The first-order chi connectivity index (χ1) is 9.16. The van der Waals surface area contributed by atoms with E-state index in [1.54, 1.807) is 24.5 Å². The maximum Gasteiger partial charge on any atom is 0.273 e. The Kier molecular flexibility index (Phi) is 4.25. The van der Waals surface area contributed by atoms with Gasteiger partial charge in [-0.05, 0) is 25.5 Å². The molecule has 3 N–H and O–H groups in total. The van der Waals surface area contributed by atoms with E-state index in [4.69, 9.17) is 10.3 Å². The zero-order chi connectivity index (χ0) is 13.7. The van der Waals surface area contributed by atoms with Crippen molar-refractivity contribution in [1.82, 2.24) is 15.5 Å². The van der Waals surface area contributed by atoms with Gasteiger partial charge in [0.15, 0.2) is 11.5 Å². The first-order valence-electron chi connectivity index (χ1n) is 6.07. The Balaban J connectivity index is 1.99. The van der Waals surface area contributed by atoms with Crippen LogP contribution in [0.5, 0.6) is 0 Å². The molecule has 100 valence electrons. The van der Waals surface area contributed by atoms with Crippen molar-refractivity contribution in [3.63, 3.8) is 0 Å². The molecule has 0 aliphatic rings. The fourth-order valence-electron chi connectivity index (χ4n) is 1.53. The lowest BCUT2D eigenvalue weighted by Gasteiger charge is -2.04. The number of nitrogens with zero attached hydrogens (tertiary/aromatic N) is 2. The van der Waals surface area contributed by atoms with Gasteiger partial charge in [0.25, 0.3) is 5.91 Å². The molecule has 0 aromatic carbocycles. The molecule has 2 rings (SSSR count). The molecule has 0 saturated heterocycles. The average Bonchev–Trinajstić information content (AvgIpc) is 2.89. The summed E-state index contributed by atoms with van der Waals surface area (Å²) in [7, 11) is 0. The van der Waals surface area contributed by atoms with E-state index in [1.807, 2.05) is 13.0 Å². The summed E-state index contributed by atoms with van der Waals surface area (Å²) in [6, 6.07) is 5.28. The highest BCUT2D eigenvalue weighted by atomic mass is 16.5. The van der Waals surface area contributed by atoms with Gasteiger partial charge in [0.2, 0.25) is 0 Å². The standard InChI is InChI=1S/C13H16N4O2/c1-9(14)4-6-16-13(18)11-7-12(19-17-11)10-3-2-5-15-8-10/h2-3,5,7-9H,4,6,14H2,1H3,(H,16,18). The Morgan fingerprint density at radius 2 is 2.42 bits per heavy atom. The summed E-state index contributed by atoms with van der Waals surface area (Å²) in [5.74, 6) is 0.255. The number of nitrogens with one attached hydrogen (secondary N) is 1. The number of amides is 1. The van der Waals surface area contributed by atoms with Crippen LogP contribution >= 0.6 is 0 Å². The molecule has 2 aromatic rings. The van der Waals surface area contributed by atoms with Crippen molar-refractivity contribution < 1.29 is 9.32 Å². The summed E-state index contributed by atoms with van der Waals surface area (Å²) in [5.41, 5.74) is 6.64. The number of hydrogen-bond donors (Lipinski definition) is 2. The fourth-order valence-corrected chi connectivity index (χ4v) is 1.53. The Morgan fingerprint density at radius 1 is 1.58 bits per heavy atom. The van der Waals surface area contributed by atoms with Crippen LogP contribution in [0.3, 0.4) is 0 Å². The maximum atomic E-state index is 11.8. The maximum absolute atomic E-state index is 11.8. The van der Waals surface area contributed by atoms with Crippen molar-refractivity contribution >= 4 is 5.91 Å². The minimum absolute atomic E-state index is 0.0589. The molecule has 1 atom stereocenters. The van der Waals surface area contributed by atoms with Crippen molar-refractivity contribution in [1.29, 1.82) is 0 Å². The van der Waals surface area contributed by atoms with E-state index in [0.717, 1.165) is 12.0 Å². The van der Waals surface area contributed by atoms with Gasteiger partial charge >= 0.3 is 0 Å². The van der Waals surface area contributed by atoms with Crippen LogP contribution in [0.1, 0.15) is 23.8 Å². The summed E-state index contributed by atoms with van der Waals surface area (Å²) in [6.07, 6.45) is 4.04. The van der Waals surface area contributed by atoms with E-state index in [2.05, 4.69) is 15.5 Å². The average molecular weight is 260 g/mol. The predicted octanol–water partition coefficient (Wildman–Crippen LogP) is 1.20. The first kappa shape index (κ1) is 13.2. The van der Waals surface area contributed by atoms with Gasteiger partial charge in [0.1, 0.15) is 0 Å². The van der Waals surface area contributed by atoms with Crippen LogP contribution in [0.4, 0.5) is 0 Å². The molecular weight excluding hydrogens is 244 g/mol. The van der Waals surface area contributed by atoms with Gasteiger partial charge < -0.3 is 15.6 Å². The van der Waals surface area contributed by atoms with Crippen molar-refractivity contribution in [2.24, 2.45) is 5.73 Å². The van der Waals surface area contributed by atoms with Crippen LogP contribution in [0, 0.1) is 0 Å². The molecule has 0 radical (unpaired) electrons. The number of carbonyl (C=O) groups is 1. The normalized spacial score (nSPS) is 12.1. The molecule has 0 aliphatic heterocycles. The molecule has 0 fully saturated rings. The fraction of sp³-hybridized carbons (Fsp3) is 0.308. The molecule has 0 bridgehead atoms. The number of nitrogens with two attached hydrogens (primary N) is 1. The van der Waals surface area contributed by atoms with Gasteiger partial charge in [-0.15, -0.1) is 0 Å². The third-order valence-electron chi connectivity index (χ3n) is 2.57. The Morgan fingerprint density at radius 3 is 3.11 bits per heavy atom. The molecule has 0 aliphatic carbocycles. The molecule has 2 heterocycles. The number of aromatic nitrogens is 2. The second-order valence-electron chi connectivity index (χ2n) is 4.34. The lowest BCUT2D eigenvalue weighted by Crippen LogP contribution is -2.29. The molecule has 2 aromatic heterocycles. The van der Waals surface area contributed by atoms with Crippen LogP contribution < -0.4 is 11.1 Å². The Bertz CT molecular complexity index is 537. The predicted molar refractivity (Wildman–Crippen MR) is 70.3 cm³/mol. The molecule has 0 spiro atoms. The molecular formula is C13H16N4O2. The molecule has 1 amide bonds. The van der Waals surface area contributed by atoms with Crippen molar-refractivity contribution in [3.8, 4) is 11.3 Å². The lowest BCUT2D eigenvalue weighted by molar-refractivity contribution is 0.0944. The number of hydrogen-bond acceptors (Lipinski definition) is 5. The van der Waals surface area contributed by atoms with Crippen molar-refractivity contribution in [3.05, 3.63) is 36.3 Å². The highest BCUT2D eigenvalue weighted by Crippen LogP contribution is 2.18. The van der Waals surface area contributed by atoms with Gasteiger partial charge in [0, 0.05) is 36.6 Å². The lowest BCUT2D eigenvalue weighted by atomic mass is 10.2. The quantitative estimate of drug-likeness (QED) is 0.842. The molecule has 1 unspecified atom stereocenters. The summed E-state index contributed by atoms with van der Waals surface area (Å²) >= 11 is 0. The van der Waals surface area contributed by atoms with Crippen molar-refractivity contribution in [2.75, 3.05) is 6.54 Å². The topological polar surface area (TPSA) is 94.0 Å². The first-order valence-corrected chi connectivity index (χ1v) is 6.07. The van der Waals surface area contributed by atoms with Crippen LogP contribution in [-0.4, -0.2) is 28.6 Å². The molecule has 0 saturated carbocycles. The van der Waals surface area contributed by atoms with Gasteiger partial charge in [-0.3, -0.25) is 9.78 Å². The summed E-state index contributed by atoms with van der Waals surface area (Å²) in [4.78, 5) is 15.8. The van der Waals surface area contributed by atoms with Gasteiger partial charge in [-0.25, -0.2) is 0 Å². The number of carbonyl (C=O) groups excluding carboxylic acids is 1. The highest BCUT2D eigenvalue weighted by Gasteiger charge is 2.13. The largest absolute Gasteiger partial charge is 0.355 e. The number of pyridine rings is 1. The highest BCUT2D eigenvalue weighted by molar-refractivity contribution is 5.93. The van der Waals surface area contributed by atoms with Crippen LogP contribution in [-0.2, 0) is 0 Å². The minimum Gasteiger partial charge on any atom is -0.355 e.